The summed E-state index contributed by atoms with van der Waals surface area (Å²) in [6.45, 7) is 8.21. The fourth-order valence-electron chi connectivity index (χ4n) is 1.95. The molecule has 0 radical (unpaired) electrons. The van der Waals surface area contributed by atoms with Crippen LogP contribution in [0.2, 0.25) is 0 Å². The number of hydrogen-bond donors (Lipinski definition) is 1. The van der Waals surface area contributed by atoms with E-state index >= 15 is 0 Å². The van der Waals surface area contributed by atoms with E-state index in [-0.39, 0.29) is 11.8 Å². The van der Waals surface area contributed by atoms with Crippen LogP contribution in [0.15, 0.2) is 12.2 Å². The predicted octanol–water partition coefficient (Wildman–Crippen LogP) is 1.71. The lowest BCUT2D eigenvalue weighted by atomic mass is 9.73. The van der Waals surface area contributed by atoms with Crippen LogP contribution in [0.3, 0.4) is 0 Å². The molecule has 1 amide bonds. The first-order chi connectivity index (χ1) is 5.52. The minimum absolute atomic E-state index is 0.0219. The lowest BCUT2D eigenvalue weighted by Gasteiger charge is -2.32. The third-order valence-electron chi connectivity index (χ3n) is 2.96. The Morgan fingerprint density at radius 2 is 2.17 bits per heavy atom. The Bertz CT molecular complexity index is 210. The van der Waals surface area contributed by atoms with Crippen molar-refractivity contribution in [3.05, 3.63) is 12.2 Å². The van der Waals surface area contributed by atoms with Gasteiger partial charge in [0.15, 0.2) is 0 Å². The van der Waals surface area contributed by atoms with Crippen molar-refractivity contribution in [2.45, 2.75) is 26.7 Å². The molecule has 0 aromatic rings. The van der Waals surface area contributed by atoms with Gasteiger partial charge >= 0.3 is 0 Å². The Morgan fingerprint density at radius 1 is 1.58 bits per heavy atom. The smallest absolute Gasteiger partial charge is 0.221 e. The molecule has 0 aromatic heterocycles. The van der Waals surface area contributed by atoms with Crippen LogP contribution in [-0.4, -0.2) is 5.91 Å². The number of carbonyl (C=O) groups excluding carboxylic acids is 1. The molecule has 3 unspecified atom stereocenters. The number of primary amides is 1. The normalized spacial score (nSPS) is 36.5. The second kappa shape index (κ2) is 3.30. The second-order valence-corrected chi connectivity index (χ2v) is 3.99. The van der Waals surface area contributed by atoms with E-state index in [0.29, 0.717) is 11.8 Å². The quantitative estimate of drug-likeness (QED) is 0.593. The van der Waals surface area contributed by atoms with Crippen LogP contribution in [0, 0.1) is 17.8 Å². The van der Waals surface area contributed by atoms with Gasteiger partial charge in [0, 0.05) is 5.92 Å². The zero-order chi connectivity index (χ0) is 9.30. The van der Waals surface area contributed by atoms with Crippen molar-refractivity contribution in [1.82, 2.24) is 0 Å². The van der Waals surface area contributed by atoms with E-state index in [1.165, 1.54) is 5.57 Å². The summed E-state index contributed by atoms with van der Waals surface area (Å²) < 4.78 is 0. The molecule has 2 N–H and O–H groups in total. The van der Waals surface area contributed by atoms with Gasteiger partial charge in [-0.15, -0.1) is 0 Å². The van der Waals surface area contributed by atoms with Crippen molar-refractivity contribution < 1.29 is 4.79 Å². The van der Waals surface area contributed by atoms with E-state index in [4.69, 9.17) is 5.73 Å². The van der Waals surface area contributed by atoms with E-state index in [1.54, 1.807) is 0 Å². The maximum absolute atomic E-state index is 11.0. The molecule has 0 heterocycles. The number of hydrogen-bond acceptors (Lipinski definition) is 1. The molecule has 0 saturated heterocycles. The highest BCUT2D eigenvalue weighted by Crippen LogP contribution is 2.35. The number of nitrogens with two attached hydrogens (primary N) is 1. The Balaban J connectivity index is 2.68. The Labute approximate surface area is 73.8 Å². The molecule has 2 nitrogen and oxygen atoms in total. The van der Waals surface area contributed by atoms with Crippen molar-refractivity contribution in [3.8, 4) is 0 Å². The van der Waals surface area contributed by atoms with E-state index in [9.17, 15) is 4.79 Å². The van der Waals surface area contributed by atoms with Crippen LogP contribution in [0.4, 0.5) is 0 Å². The first-order valence-electron chi connectivity index (χ1n) is 4.49. The minimum atomic E-state index is -0.171. The molecular weight excluding hydrogens is 150 g/mol. The van der Waals surface area contributed by atoms with Gasteiger partial charge in [-0.25, -0.2) is 0 Å². The van der Waals surface area contributed by atoms with Gasteiger partial charge in [-0.3, -0.25) is 4.79 Å². The third kappa shape index (κ3) is 1.68. The van der Waals surface area contributed by atoms with Crippen LogP contribution < -0.4 is 5.73 Å². The summed E-state index contributed by atoms with van der Waals surface area (Å²) in [5.74, 6) is 0.822. The molecule has 2 heteroatoms. The number of amides is 1. The standard InChI is InChI=1S/C10H17NO/c1-6-4-8(3)9(10(11)12)5-7(6)2/h6,8-9H,2,4-5H2,1,3H3,(H2,11,12). The summed E-state index contributed by atoms with van der Waals surface area (Å²) in [5.41, 5.74) is 6.46. The lowest BCUT2D eigenvalue weighted by molar-refractivity contribution is -0.123. The average molecular weight is 167 g/mol. The van der Waals surface area contributed by atoms with Crippen LogP contribution >= 0.6 is 0 Å². The van der Waals surface area contributed by atoms with E-state index in [2.05, 4.69) is 20.4 Å². The molecular formula is C10H17NO. The number of carbonyl (C=O) groups is 1. The maximum atomic E-state index is 11.0. The van der Waals surface area contributed by atoms with E-state index in [1.807, 2.05) is 0 Å². The molecule has 12 heavy (non-hydrogen) atoms. The monoisotopic (exact) mass is 167 g/mol. The molecule has 1 rings (SSSR count). The number of allylic oxidation sites excluding steroid dienone is 1. The van der Waals surface area contributed by atoms with Crippen LogP contribution in [0.25, 0.3) is 0 Å². The fraction of sp³-hybridized carbons (Fsp3) is 0.700. The van der Waals surface area contributed by atoms with Crippen molar-refractivity contribution in [2.75, 3.05) is 0 Å². The molecule has 1 saturated carbocycles. The van der Waals surface area contributed by atoms with Gasteiger partial charge in [0.1, 0.15) is 0 Å². The first-order valence-corrected chi connectivity index (χ1v) is 4.49. The van der Waals surface area contributed by atoms with Crippen LogP contribution in [0.5, 0.6) is 0 Å². The van der Waals surface area contributed by atoms with Gasteiger partial charge in [-0.2, -0.15) is 0 Å². The van der Waals surface area contributed by atoms with Crippen LogP contribution in [-0.2, 0) is 4.79 Å². The Hall–Kier alpha value is -0.790. The topological polar surface area (TPSA) is 43.1 Å². The largest absolute Gasteiger partial charge is 0.369 e. The first kappa shape index (κ1) is 9.30. The number of rotatable bonds is 1. The van der Waals surface area contributed by atoms with Gasteiger partial charge in [-0.1, -0.05) is 26.0 Å². The summed E-state index contributed by atoms with van der Waals surface area (Å²) in [5, 5.41) is 0. The van der Waals surface area contributed by atoms with Crippen molar-refractivity contribution in [1.29, 1.82) is 0 Å². The maximum Gasteiger partial charge on any atom is 0.221 e. The van der Waals surface area contributed by atoms with Gasteiger partial charge in [0.2, 0.25) is 5.91 Å². The lowest BCUT2D eigenvalue weighted by Crippen LogP contribution is -2.33. The average Bonchev–Trinajstić information content (AvgIpc) is 1.96. The third-order valence-corrected chi connectivity index (χ3v) is 2.96. The summed E-state index contributed by atoms with van der Waals surface area (Å²) in [6.07, 6.45) is 1.84. The zero-order valence-corrected chi connectivity index (χ0v) is 7.84. The predicted molar refractivity (Wildman–Crippen MR) is 49.4 cm³/mol. The van der Waals surface area contributed by atoms with Crippen molar-refractivity contribution in [3.63, 3.8) is 0 Å². The summed E-state index contributed by atoms with van der Waals surface area (Å²) in [7, 11) is 0. The van der Waals surface area contributed by atoms with Gasteiger partial charge in [-0.05, 0) is 24.7 Å². The fourth-order valence-corrected chi connectivity index (χ4v) is 1.95. The molecule has 1 aliphatic carbocycles. The molecule has 0 spiro atoms. The molecule has 1 fully saturated rings. The zero-order valence-electron chi connectivity index (χ0n) is 7.84. The summed E-state index contributed by atoms with van der Waals surface area (Å²) >= 11 is 0. The minimum Gasteiger partial charge on any atom is -0.369 e. The summed E-state index contributed by atoms with van der Waals surface area (Å²) in [6, 6.07) is 0. The molecule has 0 aliphatic heterocycles. The molecule has 3 atom stereocenters. The molecule has 1 aliphatic rings. The van der Waals surface area contributed by atoms with Crippen molar-refractivity contribution in [2.24, 2.45) is 23.5 Å². The Kier molecular flexibility index (Phi) is 2.55. The van der Waals surface area contributed by atoms with Crippen molar-refractivity contribution >= 4 is 5.91 Å². The summed E-state index contributed by atoms with van der Waals surface area (Å²) in [4.78, 5) is 11.0. The van der Waals surface area contributed by atoms with E-state index in [0.717, 1.165) is 12.8 Å². The highest BCUT2D eigenvalue weighted by atomic mass is 16.1. The SMILES string of the molecule is C=C1CC(C(N)=O)C(C)CC1C. The van der Waals surface area contributed by atoms with E-state index < -0.39 is 0 Å². The van der Waals surface area contributed by atoms with Crippen LogP contribution in [0.1, 0.15) is 26.7 Å². The molecule has 0 aromatic carbocycles. The second-order valence-electron chi connectivity index (χ2n) is 3.99. The highest BCUT2D eigenvalue weighted by molar-refractivity contribution is 5.77. The highest BCUT2D eigenvalue weighted by Gasteiger charge is 2.30. The molecule has 0 bridgehead atoms. The van der Waals surface area contributed by atoms with Gasteiger partial charge in [0.05, 0.1) is 0 Å². The Morgan fingerprint density at radius 3 is 2.67 bits per heavy atom. The van der Waals surface area contributed by atoms with Gasteiger partial charge < -0.3 is 5.73 Å². The molecule has 68 valence electrons. The van der Waals surface area contributed by atoms with Gasteiger partial charge in [0.25, 0.3) is 0 Å².